The van der Waals surface area contributed by atoms with Crippen LogP contribution in [0.15, 0.2) is 18.3 Å². The zero-order valence-electron chi connectivity index (χ0n) is 12.6. The third-order valence-corrected chi connectivity index (χ3v) is 7.11. The second-order valence-corrected chi connectivity index (χ2v) is 8.19. The molecule has 5 aliphatic carbocycles. The van der Waals surface area contributed by atoms with Crippen molar-refractivity contribution < 1.29 is 5.11 Å². The van der Waals surface area contributed by atoms with Gasteiger partial charge in [-0.2, -0.15) is 0 Å². The van der Waals surface area contributed by atoms with Crippen molar-refractivity contribution in [1.82, 2.24) is 4.98 Å². The Kier molecular flexibility index (Phi) is 2.74. The number of hydrogen-bond donors (Lipinski definition) is 1. The smallest absolute Gasteiger partial charge is 0.0657 e. The fraction of sp³-hybridized carbons (Fsp3) is 0.737. The molecular weight excluding hydrogens is 258 g/mol. The van der Waals surface area contributed by atoms with Crippen LogP contribution in [0.5, 0.6) is 0 Å². The van der Waals surface area contributed by atoms with Crippen molar-refractivity contribution in [1.29, 1.82) is 0 Å². The first-order valence-corrected chi connectivity index (χ1v) is 8.91. The standard InChI is InChI=1S/C19H25NO/c21-19(16-4-3-13-2-1-5-20-18(13)16)17-14-7-11-6-12(9-14)10-15(17)8-11/h1-2,5,11-12,14-17,19,21H,3-4,6-10H2. The zero-order chi connectivity index (χ0) is 14.0. The van der Waals surface area contributed by atoms with E-state index in [0.717, 1.165) is 36.5 Å². The molecule has 4 fully saturated rings. The molecule has 0 amide bonds. The Morgan fingerprint density at radius 1 is 1.05 bits per heavy atom. The fourth-order valence-corrected chi connectivity index (χ4v) is 6.57. The highest BCUT2D eigenvalue weighted by Crippen LogP contribution is 2.58. The van der Waals surface area contributed by atoms with Crippen LogP contribution in [-0.2, 0) is 6.42 Å². The van der Waals surface area contributed by atoms with Crippen molar-refractivity contribution in [3.63, 3.8) is 0 Å². The number of fused-ring (bicyclic) bond motifs is 1. The summed E-state index contributed by atoms with van der Waals surface area (Å²) in [4.78, 5) is 4.61. The van der Waals surface area contributed by atoms with Gasteiger partial charge in [-0.25, -0.2) is 0 Å². The number of aliphatic hydroxyl groups excluding tert-OH is 1. The molecule has 1 N–H and O–H groups in total. The topological polar surface area (TPSA) is 33.1 Å². The van der Waals surface area contributed by atoms with Crippen molar-refractivity contribution in [2.24, 2.45) is 29.6 Å². The van der Waals surface area contributed by atoms with Crippen LogP contribution in [0.4, 0.5) is 0 Å². The summed E-state index contributed by atoms with van der Waals surface area (Å²) in [6.07, 6.45) is 11.1. The van der Waals surface area contributed by atoms with Crippen LogP contribution in [0.2, 0.25) is 0 Å². The maximum absolute atomic E-state index is 11.2. The number of rotatable bonds is 2. The van der Waals surface area contributed by atoms with Crippen molar-refractivity contribution >= 4 is 0 Å². The van der Waals surface area contributed by atoms with Crippen molar-refractivity contribution in [3.8, 4) is 0 Å². The molecule has 112 valence electrons. The lowest BCUT2D eigenvalue weighted by atomic mass is 9.50. The van der Waals surface area contributed by atoms with E-state index in [4.69, 9.17) is 0 Å². The van der Waals surface area contributed by atoms with E-state index >= 15 is 0 Å². The molecule has 5 aliphatic rings. The second-order valence-electron chi connectivity index (χ2n) is 8.19. The predicted octanol–water partition coefficient (Wildman–Crippen LogP) is 3.54. The molecule has 1 aromatic heterocycles. The van der Waals surface area contributed by atoms with Gasteiger partial charge in [-0.3, -0.25) is 4.98 Å². The molecule has 6 rings (SSSR count). The lowest BCUT2D eigenvalue weighted by Gasteiger charge is -2.56. The summed E-state index contributed by atoms with van der Waals surface area (Å²) in [6, 6.07) is 4.24. The van der Waals surface area contributed by atoms with Crippen LogP contribution in [0, 0.1) is 29.6 Å². The van der Waals surface area contributed by atoms with E-state index in [9.17, 15) is 5.11 Å². The zero-order valence-corrected chi connectivity index (χ0v) is 12.6. The third kappa shape index (κ3) is 1.84. The van der Waals surface area contributed by atoms with Crippen LogP contribution in [-0.4, -0.2) is 16.2 Å². The molecule has 0 saturated heterocycles. The van der Waals surface area contributed by atoms with Gasteiger partial charge in [0.15, 0.2) is 0 Å². The molecule has 4 saturated carbocycles. The average molecular weight is 283 g/mol. The van der Waals surface area contributed by atoms with Crippen LogP contribution in [0.25, 0.3) is 0 Å². The molecule has 2 atom stereocenters. The molecule has 2 unspecified atom stereocenters. The van der Waals surface area contributed by atoms with Gasteiger partial charge in [0.2, 0.25) is 0 Å². The van der Waals surface area contributed by atoms with Gasteiger partial charge in [0.25, 0.3) is 0 Å². The Bertz CT molecular complexity index is 526. The Labute approximate surface area is 127 Å². The summed E-state index contributed by atoms with van der Waals surface area (Å²) in [5, 5.41) is 11.2. The Morgan fingerprint density at radius 3 is 2.48 bits per heavy atom. The highest BCUT2D eigenvalue weighted by atomic mass is 16.3. The first-order chi connectivity index (χ1) is 10.3. The minimum absolute atomic E-state index is 0.142. The molecule has 0 spiro atoms. The molecule has 2 nitrogen and oxygen atoms in total. The molecule has 2 heteroatoms. The van der Waals surface area contributed by atoms with Gasteiger partial charge in [-0.15, -0.1) is 0 Å². The number of aryl methyl sites for hydroxylation is 1. The van der Waals surface area contributed by atoms with Crippen LogP contribution >= 0.6 is 0 Å². The fourth-order valence-electron chi connectivity index (χ4n) is 6.57. The van der Waals surface area contributed by atoms with Gasteiger partial charge >= 0.3 is 0 Å². The molecule has 21 heavy (non-hydrogen) atoms. The van der Waals surface area contributed by atoms with E-state index in [2.05, 4.69) is 11.1 Å². The normalized spacial score (nSPS) is 44.8. The molecule has 1 aromatic rings. The van der Waals surface area contributed by atoms with Crippen LogP contribution in [0.1, 0.15) is 55.7 Å². The largest absolute Gasteiger partial charge is 0.392 e. The van der Waals surface area contributed by atoms with Gasteiger partial charge in [-0.1, -0.05) is 6.07 Å². The predicted molar refractivity (Wildman–Crippen MR) is 81.8 cm³/mol. The van der Waals surface area contributed by atoms with Crippen LogP contribution < -0.4 is 0 Å². The Balaban J connectivity index is 1.43. The lowest BCUT2D eigenvalue weighted by molar-refractivity contribution is -0.0965. The summed E-state index contributed by atoms with van der Waals surface area (Å²) in [7, 11) is 0. The van der Waals surface area contributed by atoms with Crippen molar-refractivity contribution in [2.75, 3.05) is 0 Å². The molecule has 0 aliphatic heterocycles. The first kappa shape index (κ1) is 12.6. The number of nitrogens with zero attached hydrogens (tertiary/aromatic N) is 1. The second kappa shape index (κ2) is 4.55. The average Bonchev–Trinajstić information content (AvgIpc) is 2.89. The summed E-state index contributed by atoms with van der Waals surface area (Å²) in [5.74, 6) is 4.47. The van der Waals surface area contributed by atoms with E-state index in [0.29, 0.717) is 11.8 Å². The van der Waals surface area contributed by atoms with Gasteiger partial charge in [0.05, 0.1) is 6.10 Å². The number of pyridine rings is 1. The molecule has 1 heterocycles. The van der Waals surface area contributed by atoms with Crippen molar-refractivity contribution in [2.45, 2.75) is 57.0 Å². The van der Waals surface area contributed by atoms with Gasteiger partial charge in [0, 0.05) is 17.8 Å². The Hall–Kier alpha value is -0.890. The highest BCUT2D eigenvalue weighted by Gasteiger charge is 2.52. The number of aliphatic hydroxyl groups is 1. The third-order valence-electron chi connectivity index (χ3n) is 7.11. The summed E-state index contributed by atoms with van der Waals surface area (Å²) in [5.41, 5.74) is 2.59. The maximum Gasteiger partial charge on any atom is 0.0657 e. The maximum atomic E-state index is 11.2. The number of aromatic nitrogens is 1. The van der Waals surface area contributed by atoms with E-state index in [-0.39, 0.29) is 6.10 Å². The van der Waals surface area contributed by atoms with Crippen LogP contribution in [0.3, 0.4) is 0 Å². The van der Waals surface area contributed by atoms with E-state index in [1.807, 2.05) is 12.3 Å². The quantitative estimate of drug-likeness (QED) is 0.900. The molecule has 4 bridgehead atoms. The van der Waals surface area contributed by atoms with E-state index in [1.54, 1.807) is 0 Å². The van der Waals surface area contributed by atoms with Gasteiger partial charge < -0.3 is 5.11 Å². The van der Waals surface area contributed by atoms with E-state index in [1.165, 1.54) is 43.4 Å². The summed E-state index contributed by atoms with van der Waals surface area (Å²) < 4.78 is 0. The first-order valence-electron chi connectivity index (χ1n) is 8.91. The number of hydrogen-bond acceptors (Lipinski definition) is 2. The summed E-state index contributed by atoms with van der Waals surface area (Å²) in [6.45, 7) is 0. The molecular formula is C19H25NO. The van der Waals surface area contributed by atoms with Crippen molar-refractivity contribution in [3.05, 3.63) is 29.6 Å². The lowest BCUT2D eigenvalue weighted by Crippen LogP contribution is -2.50. The van der Waals surface area contributed by atoms with Gasteiger partial charge in [0.1, 0.15) is 0 Å². The van der Waals surface area contributed by atoms with Gasteiger partial charge in [-0.05, 0) is 86.2 Å². The molecule has 0 aromatic carbocycles. The molecule has 0 radical (unpaired) electrons. The minimum Gasteiger partial charge on any atom is -0.392 e. The Morgan fingerprint density at radius 2 is 1.76 bits per heavy atom. The summed E-state index contributed by atoms with van der Waals surface area (Å²) >= 11 is 0. The SMILES string of the molecule is OC(C1CCc2cccnc21)C1C2CC3CC(C2)CC1C3. The highest BCUT2D eigenvalue weighted by molar-refractivity contribution is 5.30. The monoisotopic (exact) mass is 283 g/mol. The minimum atomic E-state index is -0.142. The van der Waals surface area contributed by atoms with E-state index < -0.39 is 0 Å².